The molecular formula is C12H17NO. The van der Waals surface area contributed by atoms with Crippen LogP contribution in [0.2, 0.25) is 0 Å². The average molecular weight is 191 g/mol. The number of aryl methyl sites for hydroxylation is 1. The fourth-order valence-corrected chi connectivity index (χ4v) is 2.20. The molecule has 0 bridgehead atoms. The second-order valence-corrected chi connectivity index (χ2v) is 4.32. The van der Waals surface area contributed by atoms with Gasteiger partial charge in [0.2, 0.25) is 0 Å². The van der Waals surface area contributed by atoms with E-state index in [-0.39, 0.29) is 0 Å². The number of benzene rings is 1. The monoisotopic (exact) mass is 191 g/mol. The van der Waals surface area contributed by atoms with E-state index in [0.717, 1.165) is 24.8 Å². The molecule has 1 fully saturated rings. The van der Waals surface area contributed by atoms with Crippen LogP contribution in [0.25, 0.3) is 0 Å². The summed E-state index contributed by atoms with van der Waals surface area (Å²) in [5.41, 5.74) is 8.05. The van der Waals surface area contributed by atoms with Gasteiger partial charge < -0.3 is 10.8 Å². The average Bonchev–Trinajstić information content (AvgIpc) is 2.57. The van der Waals surface area contributed by atoms with E-state index < -0.39 is 0 Å². The van der Waals surface area contributed by atoms with E-state index in [1.54, 1.807) is 0 Å². The van der Waals surface area contributed by atoms with Gasteiger partial charge in [0, 0.05) is 6.04 Å². The van der Waals surface area contributed by atoms with Gasteiger partial charge in [0.25, 0.3) is 0 Å². The van der Waals surface area contributed by atoms with Crippen LogP contribution in [0.4, 0.5) is 0 Å². The smallest absolute Gasteiger partial charge is 0.118 e. The molecule has 76 valence electrons. The van der Waals surface area contributed by atoms with Crippen molar-refractivity contribution >= 4 is 0 Å². The Hall–Kier alpha value is -1.02. The molecule has 2 rings (SSSR count). The van der Waals surface area contributed by atoms with Crippen LogP contribution in [0, 0.1) is 6.92 Å². The lowest BCUT2D eigenvalue weighted by Gasteiger charge is -2.11. The number of nitrogens with two attached hydrogens (primary N) is 1. The second-order valence-electron chi connectivity index (χ2n) is 4.32. The number of rotatable bonds is 1. The molecule has 2 nitrogen and oxygen atoms in total. The summed E-state index contributed by atoms with van der Waals surface area (Å²) in [6.07, 6.45) is 3.32. The quantitative estimate of drug-likeness (QED) is 0.715. The minimum Gasteiger partial charge on any atom is -0.508 e. The predicted octanol–water partition coefficient (Wildman–Crippen LogP) is 2.30. The van der Waals surface area contributed by atoms with E-state index in [0.29, 0.717) is 17.7 Å². The topological polar surface area (TPSA) is 46.2 Å². The van der Waals surface area contributed by atoms with Crippen LogP contribution in [0.3, 0.4) is 0 Å². The minimum absolute atomic E-state index is 0.350. The number of phenolic OH excluding ortho intramolecular Hbond substituents is 1. The minimum atomic E-state index is 0.350. The first-order valence-electron chi connectivity index (χ1n) is 5.22. The molecule has 1 aliphatic rings. The first kappa shape index (κ1) is 9.53. The van der Waals surface area contributed by atoms with Crippen molar-refractivity contribution in [2.45, 2.75) is 38.1 Å². The predicted molar refractivity (Wildman–Crippen MR) is 57.4 cm³/mol. The van der Waals surface area contributed by atoms with Crippen molar-refractivity contribution in [3.8, 4) is 5.75 Å². The molecule has 2 atom stereocenters. The van der Waals surface area contributed by atoms with Crippen molar-refractivity contribution in [1.82, 2.24) is 0 Å². The lowest BCUT2D eigenvalue weighted by molar-refractivity contribution is 0.469. The fourth-order valence-electron chi connectivity index (χ4n) is 2.20. The standard InChI is InChI=1S/C12H17NO/c1-8-2-3-10(7-12(8)14)9-4-5-11(13)6-9/h2-3,7,9,11,14H,4-6,13H2,1H3. The molecule has 0 amide bonds. The summed E-state index contributed by atoms with van der Waals surface area (Å²) >= 11 is 0. The second kappa shape index (κ2) is 3.62. The first-order valence-corrected chi connectivity index (χ1v) is 5.22. The summed E-state index contributed by atoms with van der Waals surface area (Å²) in [6, 6.07) is 6.33. The van der Waals surface area contributed by atoms with Gasteiger partial charge in [-0.05, 0) is 49.3 Å². The SMILES string of the molecule is Cc1ccc(C2CCC(N)C2)cc1O. The molecule has 14 heavy (non-hydrogen) atoms. The third-order valence-electron chi connectivity index (χ3n) is 3.18. The fraction of sp³-hybridized carbons (Fsp3) is 0.500. The van der Waals surface area contributed by atoms with Crippen molar-refractivity contribution in [3.63, 3.8) is 0 Å². The first-order chi connectivity index (χ1) is 6.66. The molecule has 0 aromatic heterocycles. The van der Waals surface area contributed by atoms with Gasteiger partial charge in [0.05, 0.1) is 0 Å². The van der Waals surface area contributed by atoms with Crippen LogP contribution in [0.5, 0.6) is 5.75 Å². The number of phenols is 1. The Morgan fingerprint density at radius 3 is 2.71 bits per heavy atom. The molecule has 0 heterocycles. The van der Waals surface area contributed by atoms with Crippen LogP contribution in [0.1, 0.15) is 36.3 Å². The Morgan fingerprint density at radius 1 is 1.36 bits per heavy atom. The molecule has 1 aromatic carbocycles. The number of hydrogen-bond donors (Lipinski definition) is 2. The summed E-state index contributed by atoms with van der Waals surface area (Å²) in [5, 5.41) is 9.60. The summed E-state index contributed by atoms with van der Waals surface area (Å²) in [4.78, 5) is 0. The van der Waals surface area contributed by atoms with Crippen molar-refractivity contribution in [2.24, 2.45) is 5.73 Å². The highest BCUT2D eigenvalue weighted by molar-refractivity contribution is 5.37. The maximum atomic E-state index is 9.60. The highest BCUT2D eigenvalue weighted by Crippen LogP contribution is 2.35. The molecule has 2 unspecified atom stereocenters. The van der Waals surface area contributed by atoms with Crippen molar-refractivity contribution in [2.75, 3.05) is 0 Å². The maximum absolute atomic E-state index is 9.60. The molecule has 0 radical (unpaired) electrons. The molecule has 0 spiro atoms. The largest absolute Gasteiger partial charge is 0.508 e. The Bertz CT molecular complexity index is 335. The maximum Gasteiger partial charge on any atom is 0.118 e. The number of aromatic hydroxyl groups is 1. The highest BCUT2D eigenvalue weighted by atomic mass is 16.3. The number of hydrogen-bond acceptors (Lipinski definition) is 2. The Balaban J connectivity index is 2.20. The van der Waals surface area contributed by atoms with Gasteiger partial charge >= 0.3 is 0 Å². The molecule has 0 aliphatic heterocycles. The van der Waals surface area contributed by atoms with E-state index in [4.69, 9.17) is 5.73 Å². The summed E-state index contributed by atoms with van der Waals surface area (Å²) < 4.78 is 0. The lowest BCUT2D eigenvalue weighted by atomic mass is 9.96. The van der Waals surface area contributed by atoms with Gasteiger partial charge in [-0.1, -0.05) is 12.1 Å². The molecular weight excluding hydrogens is 174 g/mol. The van der Waals surface area contributed by atoms with Crippen molar-refractivity contribution in [3.05, 3.63) is 29.3 Å². The summed E-state index contributed by atoms with van der Waals surface area (Å²) in [7, 11) is 0. The molecule has 2 heteroatoms. The van der Waals surface area contributed by atoms with Crippen molar-refractivity contribution in [1.29, 1.82) is 0 Å². The van der Waals surface area contributed by atoms with E-state index >= 15 is 0 Å². The van der Waals surface area contributed by atoms with E-state index in [1.165, 1.54) is 5.56 Å². The molecule has 1 saturated carbocycles. The van der Waals surface area contributed by atoms with Crippen LogP contribution >= 0.6 is 0 Å². The van der Waals surface area contributed by atoms with Crippen molar-refractivity contribution < 1.29 is 5.11 Å². The Morgan fingerprint density at radius 2 is 2.14 bits per heavy atom. The van der Waals surface area contributed by atoms with Gasteiger partial charge in [0.1, 0.15) is 5.75 Å². The van der Waals surface area contributed by atoms with Gasteiger partial charge in [-0.15, -0.1) is 0 Å². The molecule has 3 N–H and O–H groups in total. The molecule has 1 aliphatic carbocycles. The van der Waals surface area contributed by atoms with Gasteiger partial charge in [0.15, 0.2) is 0 Å². The zero-order valence-corrected chi connectivity index (χ0v) is 8.53. The van der Waals surface area contributed by atoms with Crippen LogP contribution in [0.15, 0.2) is 18.2 Å². The third kappa shape index (κ3) is 1.75. The lowest BCUT2D eigenvalue weighted by Crippen LogP contribution is -2.14. The molecule has 1 aromatic rings. The third-order valence-corrected chi connectivity index (χ3v) is 3.18. The summed E-state index contributed by atoms with van der Waals surface area (Å²) in [6.45, 7) is 1.92. The van der Waals surface area contributed by atoms with E-state index in [1.807, 2.05) is 19.1 Å². The zero-order valence-electron chi connectivity index (χ0n) is 8.53. The Kier molecular flexibility index (Phi) is 2.46. The molecule has 0 saturated heterocycles. The van der Waals surface area contributed by atoms with E-state index in [9.17, 15) is 5.11 Å². The van der Waals surface area contributed by atoms with Gasteiger partial charge in [-0.3, -0.25) is 0 Å². The van der Waals surface area contributed by atoms with Crippen LogP contribution in [-0.4, -0.2) is 11.1 Å². The highest BCUT2D eigenvalue weighted by Gasteiger charge is 2.23. The Labute approximate surface area is 84.7 Å². The van der Waals surface area contributed by atoms with Gasteiger partial charge in [-0.2, -0.15) is 0 Å². The van der Waals surface area contributed by atoms with Crippen LogP contribution < -0.4 is 5.73 Å². The zero-order chi connectivity index (χ0) is 10.1. The van der Waals surface area contributed by atoms with E-state index in [2.05, 4.69) is 6.07 Å². The van der Waals surface area contributed by atoms with Gasteiger partial charge in [-0.25, -0.2) is 0 Å². The normalized spacial score (nSPS) is 26.7. The summed E-state index contributed by atoms with van der Waals surface area (Å²) in [5.74, 6) is 0.958. The van der Waals surface area contributed by atoms with Crippen LogP contribution in [-0.2, 0) is 0 Å².